The van der Waals surface area contributed by atoms with E-state index in [1.165, 1.54) is 0 Å². The molecule has 1 unspecified atom stereocenters. The molecule has 3 heteroatoms. The van der Waals surface area contributed by atoms with Crippen LogP contribution in [0.15, 0.2) is 12.4 Å². The van der Waals surface area contributed by atoms with Crippen LogP contribution in [-0.4, -0.2) is 22.9 Å². The van der Waals surface area contributed by atoms with Gasteiger partial charge in [0.25, 0.3) is 0 Å². The zero-order valence-corrected chi connectivity index (χ0v) is 4.42. The molecule has 0 heterocycles. The quantitative estimate of drug-likeness (QED) is 0.559. The van der Waals surface area contributed by atoms with Crippen molar-refractivity contribution in [1.29, 1.82) is 0 Å². The van der Waals surface area contributed by atoms with Gasteiger partial charge in [0.15, 0.2) is 0 Å². The fourth-order valence-electron chi connectivity index (χ4n) is 0.283. The Morgan fingerprint density at radius 1 is 1.62 bits per heavy atom. The highest BCUT2D eigenvalue weighted by Gasteiger charge is 1.95. The topological polar surface area (TPSA) is 40.5 Å². The van der Waals surface area contributed by atoms with Gasteiger partial charge in [0.2, 0.25) is 0 Å². The van der Waals surface area contributed by atoms with Crippen molar-refractivity contribution in [2.24, 2.45) is 0 Å². The largest absolute Gasteiger partial charge is 0.394 e. The first-order chi connectivity index (χ1) is 3.81. The van der Waals surface area contributed by atoms with E-state index in [4.69, 9.17) is 10.2 Å². The molecule has 0 radical (unpaired) electrons. The van der Waals surface area contributed by atoms with E-state index < -0.39 is 6.10 Å². The van der Waals surface area contributed by atoms with Crippen molar-refractivity contribution in [2.75, 3.05) is 6.61 Å². The third-order valence-electron chi connectivity index (χ3n) is 0.708. The standard InChI is InChI=1S/C5H9FO2/c6-3-1-2-5(8)4-7/h1,3,5,7-8H,2,4H2. The van der Waals surface area contributed by atoms with Crippen molar-refractivity contribution < 1.29 is 14.6 Å². The predicted molar refractivity (Wildman–Crippen MR) is 28.0 cm³/mol. The zero-order chi connectivity index (χ0) is 6.41. The van der Waals surface area contributed by atoms with Crippen molar-refractivity contribution in [1.82, 2.24) is 0 Å². The minimum atomic E-state index is -0.818. The molecule has 0 aliphatic heterocycles. The van der Waals surface area contributed by atoms with Crippen molar-refractivity contribution >= 4 is 0 Å². The number of rotatable bonds is 3. The fraction of sp³-hybridized carbons (Fsp3) is 0.600. The van der Waals surface area contributed by atoms with Crippen molar-refractivity contribution in [3.05, 3.63) is 12.4 Å². The molecule has 0 aliphatic carbocycles. The summed E-state index contributed by atoms with van der Waals surface area (Å²) < 4.78 is 11.1. The van der Waals surface area contributed by atoms with Gasteiger partial charge in [-0.2, -0.15) is 0 Å². The molecule has 0 aromatic carbocycles. The van der Waals surface area contributed by atoms with Gasteiger partial charge in [-0.05, 0) is 6.42 Å². The van der Waals surface area contributed by atoms with Crippen LogP contribution in [-0.2, 0) is 0 Å². The molecule has 0 aromatic rings. The summed E-state index contributed by atoms with van der Waals surface area (Å²) >= 11 is 0. The molecular formula is C5H9FO2. The van der Waals surface area contributed by atoms with Crippen molar-refractivity contribution in [3.8, 4) is 0 Å². The van der Waals surface area contributed by atoms with Crippen molar-refractivity contribution in [2.45, 2.75) is 12.5 Å². The maximum atomic E-state index is 11.1. The normalized spacial score (nSPS) is 14.9. The Balaban J connectivity index is 3.10. The lowest BCUT2D eigenvalue weighted by Crippen LogP contribution is -2.09. The first-order valence-electron chi connectivity index (χ1n) is 2.35. The molecule has 0 aromatic heterocycles. The van der Waals surface area contributed by atoms with Gasteiger partial charge in [-0.15, -0.1) is 0 Å². The second kappa shape index (κ2) is 4.74. The van der Waals surface area contributed by atoms with Crippen LogP contribution in [0.5, 0.6) is 0 Å². The molecule has 2 nitrogen and oxygen atoms in total. The Bertz CT molecular complexity index is 72.8. The minimum absolute atomic E-state index is 0.174. The number of aliphatic hydroxyl groups is 2. The summed E-state index contributed by atoms with van der Waals surface area (Å²) in [5.74, 6) is 0. The highest BCUT2D eigenvalue weighted by atomic mass is 19.1. The summed E-state index contributed by atoms with van der Waals surface area (Å²) in [6.45, 7) is -0.315. The number of aliphatic hydroxyl groups excluding tert-OH is 2. The highest BCUT2D eigenvalue weighted by Crippen LogP contribution is 1.90. The highest BCUT2D eigenvalue weighted by molar-refractivity contribution is 4.75. The van der Waals surface area contributed by atoms with Crippen LogP contribution >= 0.6 is 0 Å². The van der Waals surface area contributed by atoms with E-state index in [0.717, 1.165) is 6.08 Å². The SMILES string of the molecule is OCC(O)CC=CF. The van der Waals surface area contributed by atoms with Crippen LogP contribution in [0, 0.1) is 0 Å². The maximum Gasteiger partial charge on any atom is 0.0828 e. The van der Waals surface area contributed by atoms with E-state index in [9.17, 15) is 4.39 Å². The molecule has 0 bridgehead atoms. The van der Waals surface area contributed by atoms with E-state index in [1.54, 1.807) is 0 Å². The Morgan fingerprint density at radius 2 is 2.25 bits per heavy atom. The van der Waals surface area contributed by atoms with Gasteiger partial charge in [0, 0.05) is 0 Å². The lowest BCUT2D eigenvalue weighted by Gasteiger charge is -1.98. The van der Waals surface area contributed by atoms with Crippen LogP contribution in [0.3, 0.4) is 0 Å². The van der Waals surface area contributed by atoms with Gasteiger partial charge in [0.05, 0.1) is 19.0 Å². The summed E-state index contributed by atoms with van der Waals surface area (Å²) in [4.78, 5) is 0. The third-order valence-corrected chi connectivity index (χ3v) is 0.708. The summed E-state index contributed by atoms with van der Waals surface area (Å²) in [5, 5.41) is 16.7. The van der Waals surface area contributed by atoms with Crippen LogP contribution in [0.2, 0.25) is 0 Å². The van der Waals surface area contributed by atoms with Gasteiger partial charge < -0.3 is 10.2 Å². The number of halogens is 1. The second-order valence-corrected chi connectivity index (χ2v) is 1.43. The second-order valence-electron chi connectivity index (χ2n) is 1.43. The molecule has 0 aliphatic rings. The monoisotopic (exact) mass is 120 g/mol. The van der Waals surface area contributed by atoms with E-state index in [1.807, 2.05) is 0 Å². The molecule has 0 saturated heterocycles. The van der Waals surface area contributed by atoms with E-state index >= 15 is 0 Å². The molecule has 0 saturated carbocycles. The van der Waals surface area contributed by atoms with Crippen molar-refractivity contribution in [3.63, 3.8) is 0 Å². The molecule has 0 fully saturated rings. The molecule has 8 heavy (non-hydrogen) atoms. The third kappa shape index (κ3) is 3.77. The van der Waals surface area contributed by atoms with Gasteiger partial charge >= 0.3 is 0 Å². The number of hydrogen-bond donors (Lipinski definition) is 2. The Hall–Kier alpha value is -0.410. The predicted octanol–water partition coefficient (Wildman–Crippen LogP) is 0.213. The molecule has 0 spiro atoms. The molecule has 0 amide bonds. The molecule has 0 rings (SSSR count). The summed E-state index contributed by atoms with van der Waals surface area (Å²) in [7, 11) is 0. The Kier molecular flexibility index (Phi) is 4.50. The van der Waals surface area contributed by atoms with E-state index in [2.05, 4.69) is 0 Å². The molecular weight excluding hydrogens is 111 g/mol. The summed E-state index contributed by atoms with van der Waals surface area (Å²) in [6.07, 6.45) is 0.856. The fourth-order valence-corrected chi connectivity index (χ4v) is 0.283. The van der Waals surface area contributed by atoms with Crippen LogP contribution in [0.1, 0.15) is 6.42 Å². The lowest BCUT2D eigenvalue weighted by molar-refractivity contribution is 0.0974. The summed E-state index contributed by atoms with van der Waals surface area (Å²) in [6, 6.07) is 0. The maximum absolute atomic E-state index is 11.1. The van der Waals surface area contributed by atoms with Gasteiger partial charge in [-0.25, -0.2) is 4.39 Å². The average Bonchev–Trinajstić information content (AvgIpc) is 1.83. The Labute approximate surface area is 47.3 Å². The first kappa shape index (κ1) is 7.59. The van der Waals surface area contributed by atoms with Crippen LogP contribution in [0.4, 0.5) is 4.39 Å². The van der Waals surface area contributed by atoms with Crippen LogP contribution < -0.4 is 0 Å². The number of hydrogen-bond acceptors (Lipinski definition) is 2. The minimum Gasteiger partial charge on any atom is -0.394 e. The Morgan fingerprint density at radius 3 is 2.62 bits per heavy atom. The van der Waals surface area contributed by atoms with E-state index in [0.29, 0.717) is 6.33 Å². The lowest BCUT2D eigenvalue weighted by atomic mass is 10.3. The van der Waals surface area contributed by atoms with E-state index in [-0.39, 0.29) is 13.0 Å². The first-order valence-corrected chi connectivity index (χ1v) is 2.35. The van der Waals surface area contributed by atoms with Gasteiger partial charge in [-0.1, -0.05) is 6.08 Å². The summed E-state index contributed by atoms with van der Waals surface area (Å²) in [5.41, 5.74) is 0. The average molecular weight is 120 g/mol. The van der Waals surface area contributed by atoms with Gasteiger partial charge in [0.1, 0.15) is 0 Å². The molecule has 1 atom stereocenters. The molecule has 48 valence electrons. The van der Waals surface area contributed by atoms with Gasteiger partial charge in [-0.3, -0.25) is 0 Å². The zero-order valence-electron chi connectivity index (χ0n) is 4.42. The van der Waals surface area contributed by atoms with Crippen LogP contribution in [0.25, 0.3) is 0 Å². The smallest absolute Gasteiger partial charge is 0.0828 e. The molecule has 2 N–H and O–H groups in total.